The number of nitrogens with zero attached hydrogens (tertiary/aromatic N) is 4. The van der Waals surface area contributed by atoms with Gasteiger partial charge in [0.05, 0.1) is 10.6 Å². The Labute approximate surface area is 124 Å². The average molecular weight is 300 g/mol. The van der Waals surface area contributed by atoms with Crippen molar-refractivity contribution in [2.75, 3.05) is 0 Å². The average Bonchev–Trinajstić information content (AvgIpc) is 2.84. The lowest BCUT2D eigenvalue weighted by molar-refractivity contribution is -0.384. The third kappa shape index (κ3) is 2.14. The van der Waals surface area contributed by atoms with Gasteiger partial charge in [0.2, 0.25) is 5.89 Å². The number of nitro groups is 1. The van der Waals surface area contributed by atoms with Gasteiger partial charge in [-0.3, -0.25) is 14.8 Å². The van der Waals surface area contributed by atoms with Crippen molar-refractivity contribution in [2.24, 2.45) is 0 Å². The zero-order valence-corrected chi connectivity index (χ0v) is 11.9. The van der Waals surface area contributed by atoms with Crippen molar-refractivity contribution < 1.29 is 9.34 Å². The van der Waals surface area contributed by atoms with Gasteiger partial charge in [0.25, 0.3) is 5.69 Å². The van der Waals surface area contributed by atoms with Gasteiger partial charge in [0, 0.05) is 24.2 Å². The van der Waals surface area contributed by atoms with Crippen LogP contribution in [-0.4, -0.2) is 19.7 Å². The topological polar surface area (TPSA) is 104 Å². The van der Waals surface area contributed by atoms with Crippen LogP contribution >= 0.6 is 0 Å². The first-order chi connectivity index (χ1) is 10.5. The molecule has 22 heavy (non-hydrogen) atoms. The molecule has 0 aliphatic carbocycles. The number of rotatable bonds is 3. The molecule has 112 valence electrons. The molecule has 8 nitrogen and oxygen atoms in total. The molecule has 0 aliphatic rings. The fraction of sp³-hybridized carbons (Fsp3) is 0.214. The Balaban J connectivity index is 2.18. The highest BCUT2D eigenvalue weighted by Gasteiger charge is 2.16. The van der Waals surface area contributed by atoms with Crippen LogP contribution in [0.1, 0.15) is 12.6 Å². The largest absolute Gasteiger partial charge is 0.402 e. The van der Waals surface area contributed by atoms with Gasteiger partial charge in [-0.05, 0) is 26.0 Å². The van der Waals surface area contributed by atoms with Gasteiger partial charge in [0.15, 0.2) is 5.52 Å². The van der Waals surface area contributed by atoms with Crippen molar-refractivity contribution in [3.8, 4) is 11.5 Å². The van der Waals surface area contributed by atoms with E-state index in [1.165, 1.54) is 24.3 Å². The summed E-state index contributed by atoms with van der Waals surface area (Å²) in [4.78, 5) is 26.7. The highest BCUT2D eigenvalue weighted by Crippen LogP contribution is 2.22. The predicted molar refractivity (Wildman–Crippen MR) is 78.6 cm³/mol. The van der Waals surface area contributed by atoms with Crippen molar-refractivity contribution in [3.63, 3.8) is 0 Å². The summed E-state index contributed by atoms with van der Waals surface area (Å²) in [5.41, 5.74) is 1.36. The minimum Gasteiger partial charge on any atom is -0.402 e. The first-order valence-corrected chi connectivity index (χ1v) is 6.64. The molecule has 8 heteroatoms. The van der Waals surface area contributed by atoms with E-state index < -0.39 is 10.5 Å². The van der Waals surface area contributed by atoms with E-state index in [1.807, 2.05) is 6.92 Å². The second kappa shape index (κ2) is 5.06. The molecule has 0 bridgehead atoms. The summed E-state index contributed by atoms with van der Waals surface area (Å²) in [6, 6.07) is 5.66. The summed E-state index contributed by atoms with van der Waals surface area (Å²) in [5, 5.41) is 14.9. The first-order valence-electron chi connectivity index (χ1n) is 6.64. The van der Waals surface area contributed by atoms with Gasteiger partial charge in [0.1, 0.15) is 5.52 Å². The Morgan fingerprint density at radius 2 is 2.00 bits per heavy atom. The number of benzene rings is 1. The maximum Gasteiger partial charge on any atom is 0.365 e. The fourth-order valence-corrected chi connectivity index (χ4v) is 2.25. The van der Waals surface area contributed by atoms with E-state index in [1.54, 1.807) is 11.6 Å². The molecule has 0 fully saturated rings. The van der Waals surface area contributed by atoms with Crippen LogP contribution in [0.15, 0.2) is 33.5 Å². The summed E-state index contributed by atoms with van der Waals surface area (Å²) in [6.07, 6.45) is 0. The summed E-state index contributed by atoms with van der Waals surface area (Å²) < 4.78 is 6.78. The van der Waals surface area contributed by atoms with Crippen molar-refractivity contribution >= 4 is 16.7 Å². The molecule has 0 N–H and O–H groups in total. The molecule has 0 aliphatic heterocycles. The molecule has 3 aromatic rings. The molecule has 2 heterocycles. The Hall–Kier alpha value is -3.03. The van der Waals surface area contributed by atoms with Crippen LogP contribution in [0.3, 0.4) is 0 Å². The molecule has 3 rings (SSSR count). The van der Waals surface area contributed by atoms with Crippen LogP contribution < -0.4 is 5.63 Å². The van der Waals surface area contributed by atoms with Gasteiger partial charge >= 0.3 is 5.63 Å². The lowest BCUT2D eigenvalue weighted by Gasteiger charge is -2.00. The van der Waals surface area contributed by atoms with E-state index in [-0.39, 0.29) is 11.6 Å². The van der Waals surface area contributed by atoms with E-state index in [4.69, 9.17) is 4.42 Å². The highest BCUT2D eigenvalue weighted by atomic mass is 16.6. The molecule has 0 amide bonds. The smallest absolute Gasteiger partial charge is 0.365 e. The molecule has 0 spiro atoms. The maximum atomic E-state index is 12.2. The monoisotopic (exact) mass is 300 g/mol. The second-order valence-corrected chi connectivity index (χ2v) is 4.71. The fourth-order valence-electron chi connectivity index (χ4n) is 2.25. The van der Waals surface area contributed by atoms with Gasteiger partial charge in [-0.25, -0.2) is 9.78 Å². The number of hydrogen-bond acceptors (Lipinski definition) is 6. The summed E-state index contributed by atoms with van der Waals surface area (Å²) in [7, 11) is 0. The van der Waals surface area contributed by atoms with Crippen LogP contribution in [-0.2, 0) is 6.54 Å². The molecule has 2 aromatic heterocycles. The molecule has 0 radical (unpaired) electrons. The van der Waals surface area contributed by atoms with Gasteiger partial charge in [-0.1, -0.05) is 0 Å². The van der Waals surface area contributed by atoms with Crippen molar-refractivity contribution in [1.82, 2.24) is 14.8 Å². The van der Waals surface area contributed by atoms with E-state index in [9.17, 15) is 14.9 Å². The quantitative estimate of drug-likeness (QED) is 0.543. The molecular formula is C14H12N4O4. The van der Waals surface area contributed by atoms with Crippen molar-refractivity contribution in [1.29, 1.82) is 0 Å². The number of non-ortho nitro benzene ring substituents is 1. The van der Waals surface area contributed by atoms with Gasteiger partial charge in [-0.2, -0.15) is 5.10 Å². The molecule has 0 unspecified atom stereocenters. The molecular weight excluding hydrogens is 288 g/mol. The predicted octanol–water partition coefficient (Wildman–Crippen LogP) is 2.29. The van der Waals surface area contributed by atoms with Crippen LogP contribution in [0.4, 0.5) is 5.69 Å². The van der Waals surface area contributed by atoms with E-state index in [2.05, 4.69) is 10.1 Å². The standard InChI is InChI=1S/C14H12N4O4/c1-3-17-12-11(8(2)16-17)15-13(22-14(12)19)9-4-6-10(7-5-9)18(20)21/h4-7H,3H2,1-2H3. The number of aryl methyl sites for hydroxylation is 2. The van der Waals surface area contributed by atoms with E-state index in [0.29, 0.717) is 28.8 Å². The minimum absolute atomic E-state index is 0.0397. The number of hydrogen-bond donors (Lipinski definition) is 0. The second-order valence-electron chi connectivity index (χ2n) is 4.71. The molecule has 1 aromatic carbocycles. The maximum absolute atomic E-state index is 12.2. The van der Waals surface area contributed by atoms with Crippen molar-refractivity contribution in [2.45, 2.75) is 20.4 Å². The Kier molecular flexibility index (Phi) is 3.21. The van der Waals surface area contributed by atoms with Crippen LogP contribution in [0.25, 0.3) is 22.5 Å². The highest BCUT2D eigenvalue weighted by molar-refractivity contribution is 5.77. The SMILES string of the molecule is CCn1nc(C)c2nc(-c3ccc([N+](=O)[O-])cc3)oc(=O)c21. The first kappa shape index (κ1) is 13.9. The number of fused-ring (bicyclic) bond motifs is 1. The van der Waals surface area contributed by atoms with Crippen molar-refractivity contribution in [3.05, 3.63) is 50.5 Å². The van der Waals surface area contributed by atoms with Crippen LogP contribution in [0.5, 0.6) is 0 Å². The van der Waals surface area contributed by atoms with E-state index >= 15 is 0 Å². The zero-order valence-electron chi connectivity index (χ0n) is 11.9. The summed E-state index contributed by atoms with van der Waals surface area (Å²) >= 11 is 0. The lowest BCUT2D eigenvalue weighted by Crippen LogP contribution is -2.08. The summed E-state index contributed by atoms with van der Waals surface area (Å²) in [5.74, 6) is 0.117. The lowest BCUT2D eigenvalue weighted by atomic mass is 10.2. The Morgan fingerprint density at radius 1 is 1.32 bits per heavy atom. The third-order valence-electron chi connectivity index (χ3n) is 3.32. The van der Waals surface area contributed by atoms with Crippen LogP contribution in [0.2, 0.25) is 0 Å². The van der Waals surface area contributed by atoms with Crippen LogP contribution in [0, 0.1) is 17.0 Å². The normalized spacial score (nSPS) is 11.0. The van der Waals surface area contributed by atoms with Gasteiger partial charge in [-0.15, -0.1) is 0 Å². The Bertz CT molecular complexity index is 924. The zero-order chi connectivity index (χ0) is 15.9. The van der Waals surface area contributed by atoms with E-state index in [0.717, 1.165) is 0 Å². The minimum atomic E-state index is -0.527. The molecule has 0 atom stereocenters. The number of aromatic nitrogens is 3. The summed E-state index contributed by atoms with van der Waals surface area (Å²) in [6.45, 7) is 4.17. The third-order valence-corrected chi connectivity index (χ3v) is 3.32. The molecule has 0 saturated carbocycles. The Morgan fingerprint density at radius 3 is 2.59 bits per heavy atom. The number of nitro benzene ring substituents is 1. The van der Waals surface area contributed by atoms with Gasteiger partial charge < -0.3 is 4.42 Å². The molecule has 0 saturated heterocycles.